The number of aryl methyl sites for hydroxylation is 1. The zero-order chi connectivity index (χ0) is 12.1. The molecule has 0 spiro atoms. The maximum absolute atomic E-state index is 3.48. The van der Waals surface area contributed by atoms with Crippen LogP contribution < -0.4 is 4.90 Å². The quantitative estimate of drug-likeness (QED) is 0.768. The first kappa shape index (κ1) is 13.5. The summed E-state index contributed by atoms with van der Waals surface area (Å²) in [6.45, 7) is 4.31. The lowest BCUT2D eigenvalue weighted by Crippen LogP contribution is -2.28. The van der Waals surface area contributed by atoms with Gasteiger partial charge in [-0.05, 0) is 38.2 Å². The molecule has 0 saturated heterocycles. The fraction of sp³-hybridized carbons (Fsp3) is 0.538. The minimum absolute atomic E-state index is 0.926. The molecule has 0 unspecified atom stereocenters. The molecular weight excluding hydrogens is 264 g/mol. The first-order valence-corrected chi connectivity index (χ1v) is 6.68. The lowest BCUT2D eigenvalue weighted by Gasteiger charge is -2.23. The number of anilines is 1. The van der Waals surface area contributed by atoms with Crippen molar-refractivity contribution in [3.8, 4) is 0 Å². The highest BCUT2D eigenvalue weighted by Gasteiger charge is 2.05. The minimum Gasteiger partial charge on any atom is -0.373 e. The van der Waals surface area contributed by atoms with Crippen LogP contribution >= 0.6 is 15.9 Å². The molecule has 3 heteroatoms. The van der Waals surface area contributed by atoms with Crippen LogP contribution in [-0.4, -0.2) is 39.1 Å². The Morgan fingerprint density at radius 1 is 1.12 bits per heavy atom. The van der Waals surface area contributed by atoms with Gasteiger partial charge in [-0.25, -0.2) is 0 Å². The Labute approximate surface area is 107 Å². The second kappa shape index (κ2) is 6.26. The van der Waals surface area contributed by atoms with Crippen molar-refractivity contribution in [3.63, 3.8) is 0 Å². The molecule has 0 radical (unpaired) electrons. The molecular formula is C13H21BrN2. The highest BCUT2D eigenvalue weighted by Crippen LogP contribution is 2.21. The van der Waals surface area contributed by atoms with Gasteiger partial charge in [0.25, 0.3) is 0 Å². The number of benzene rings is 1. The van der Waals surface area contributed by atoms with Crippen molar-refractivity contribution < 1.29 is 0 Å². The molecule has 0 N–H and O–H groups in total. The predicted molar refractivity (Wildman–Crippen MR) is 75.6 cm³/mol. The van der Waals surface area contributed by atoms with Gasteiger partial charge in [0.2, 0.25) is 0 Å². The fourth-order valence-electron chi connectivity index (χ4n) is 1.70. The molecule has 0 heterocycles. The number of likely N-dealkylation sites (N-methyl/N-ethyl adjacent to an activating group) is 2. The molecule has 0 amide bonds. The number of alkyl halides is 1. The van der Waals surface area contributed by atoms with E-state index in [0.717, 1.165) is 18.4 Å². The molecule has 0 aliphatic carbocycles. The Hall–Kier alpha value is -0.540. The van der Waals surface area contributed by atoms with E-state index < -0.39 is 0 Å². The summed E-state index contributed by atoms with van der Waals surface area (Å²) in [5.74, 6) is 0. The summed E-state index contributed by atoms with van der Waals surface area (Å²) in [4.78, 5) is 4.52. The van der Waals surface area contributed by atoms with Crippen molar-refractivity contribution in [2.24, 2.45) is 0 Å². The van der Waals surface area contributed by atoms with Crippen molar-refractivity contribution in [1.82, 2.24) is 4.90 Å². The van der Waals surface area contributed by atoms with Gasteiger partial charge in [0.15, 0.2) is 0 Å². The van der Waals surface area contributed by atoms with E-state index in [2.05, 4.69) is 72.0 Å². The Balaban J connectivity index is 2.71. The molecule has 1 aromatic carbocycles. The average Bonchev–Trinajstić information content (AvgIpc) is 2.25. The summed E-state index contributed by atoms with van der Waals surface area (Å²) in [5, 5.41) is 0.926. The van der Waals surface area contributed by atoms with Crippen LogP contribution in [0.15, 0.2) is 18.2 Å². The lowest BCUT2D eigenvalue weighted by molar-refractivity contribution is 0.416. The van der Waals surface area contributed by atoms with Gasteiger partial charge in [0.1, 0.15) is 0 Å². The van der Waals surface area contributed by atoms with E-state index in [4.69, 9.17) is 0 Å². The Morgan fingerprint density at radius 2 is 1.81 bits per heavy atom. The molecule has 2 nitrogen and oxygen atoms in total. The third kappa shape index (κ3) is 3.80. The summed E-state index contributed by atoms with van der Waals surface area (Å²) in [7, 11) is 6.36. The maximum Gasteiger partial charge on any atom is 0.0393 e. The molecule has 0 aromatic heterocycles. The van der Waals surface area contributed by atoms with E-state index >= 15 is 0 Å². The molecule has 0 bridgehead atoms. The van der Waals surface area contributed by atoms with Crippen LogP contribution in [-0.2, 0) is 5.33 Å². The first-order chi connectivity index (χ1) is 7.54. The van der Waals surface area contributed by atoms with Crippen LogP contribution in [0.25, 0.3) is 0 Å². The van der Waals surface area contributed by atoms with E-state index in [9.17, 15) is 0 Å². The number of hydrogen-bond acceptors (Lipinski definition) is 2. The first-order valence-electron chi connectivity index (χ1n) is 5.56. The van der Waals surface area contributed by atoms with Crippen LogP contribution in [0.4, 0.5) is 5.69 Å². The summed E-state index contributed by atoms with van der Waals surface area (Å²) in [6.07, 6.45) is 0. The summed E-state index contributed by atoms with van der Waals surface area (Å²) < 4.78 is 0. The Bertz CT molecular complexity index is 337. The van der Waals surface area contributed by atoms with Crippen molar-refractivity contribution in [3.05, 3.63) is 29.3 Å². The van der Waals surface area contributed by atoms with Gasteiger partial charge in [0.05, 0.1) is 0 Å². The van der Waals surface area contributed by atoms with Gasteiger partial charge in [-0.2, -0.15) is 0 Å². The predicted octanol–water partition coefficient (Wildman–Crippen LogP) is 2.89. The van der Waals surface area contributed by atoms with Crippen molar-refractivity contribution in [2.45, 2.75) is 12.3 Å². The van der Waals surface area contributed by atoms with Gasteiger partial charge < -0.3 is 9.80 Å². The number of hydrogen-bond donors (Lipinski definition) is 0. The molecule has 16 heavy (non-hydrogen) atoms. The van der Waals surface area contributed by atoms with Crippen LogP contribution in [0.1, 0.15) is 11.1 Å². The third-order valence-corrected chi connectivity index (χ3v) is 3.36. The van der Waals surface area contributed by atoms with E-state index in [1.54, 1.807) is 0 Å². The molecule has 90 valence electrons. The van der Waals surface area contributed by atoms with E-state index in [1.165, 1.54) is 16.8 Å². The third-order valence-electron chi connectivity index (χ3n) is 2.71. The number of nitrogens with zero attached hydrogens (tertiary/aromatic N) is 2. The molecule has 0 fully saturated rings. The SMILES string of the molecule is Cc1cc(CBr)ccc1N(C)CCN(C)C. The highest BCUT2D eigenvalue weighted by molar-refractivity contribution is 9.08. The smallest absolute Gasteiger partial charge is 0.0393 e. The van der Waals surface area contributed by atoms with Gasteiger partial charge in [-0.3, -0.25) is 0 Å². The highest BCUT2D eigenvalue weighted by atomic mass is 79.9. The van der Waals surface area contributed by atoms with Crippen LogP contribution in [0.3, 0.4) is 0 Å². The largest absolute Gasteiger partial charge is 0.373 e. The molecule has 0 aliphatic rings. The second-order valence-electron chi connectivity index (χ2n) is 4.48. The van der Waals surface area contributed by atoms with Gasteiger partial charge in [0, 0.05) is 31.2 Å². The molecule has 1 aromatic rings. The van der Waals surface area contributed by atoms with Gasteiger partial charge in [-0.1, -0.05) is 28.1 Å². The van der Waals surface area contributed by atoms with Crippen molar-refractivity contribution in [1.29, 1.82) is 0 Å². The Morgan fingerprint density at radius 3 is 2.31 bits per heavy atom. The van der Waals surface area contributed by atoms with E-state index in [-0.39, 0.29) is 0 Å². The summed E-state index contributed by atoms with van der Waals surface area (Å²) in [5.41, 5.74) is 4.01. The second-order valence-corrected chi connectivity index (χ2v) is 5.04. The molecule has 0 aliphatic heterocycles. The van der Waals surface area contributed by atoms with Crippen molar-refractivity contribution >= 4 is 21.6 Å². The molecule has 1 rings (SSSR count). The standard InChI is InChI=1S/C13H21BrN2/c1-11-9-12(10-14)5-6-13(11)16(4)8-7-15(2)3/h5-6,9H,7-8,10H2,1-4H3. The van der Waals surface area contributed by atoms with Gasteiger partial charge >= 0.3 is 0 Å². The zero-order valence-corrected chi connectivity index (χ0v) is 12.2. The van der Waals surface area contributed by atoms with Crippen molar-refractivity contribution in [2.75, 3.05) is 39.1 Å². The Kier molecular flexibility index (Phi) is 5.29. The van der Waals surface area contributed by atoms with Crippen LogP contribution in [0, 0.1) is 6.92 Å². The molecule has 0 atom stereocenters. The van der Waals surface area contributed by atoms with Crippen LogP contribution in [0.2, 0.25) is 0 Å². The topological polar surface area (TPSA) is 6.48 Å². The van der Waals surface area contributed by atoms with Gasteiger partial charge in [-0.15, -0.1) is 0 Å². The lowest BCUT2D eigenvalue weighted by atomic mass is 10.1. The van der Waals surface area contributed by atoms with E-state index in [0.29, 0.717) is 0 Å². The fourth-order valence-corrected chi connectivity index (χ4v) is 2.05. The summed E-state index contributed by atoms with van der Waals surface area (Å²) >= 11 is 3.48. The number of halogens is 1. The summed E-state index contributed by atoms with van der Waals surface area (Å²) in [6, 6.07) is 6.64. The zero-order valence-electron chi connectivity index (χ0n) is 10.6. The average molecular weight is 285 g/mol. The number of rotatable bonds is 5. The monoisotopic (exact) mass is 284 g/mol. The minimum atomic E-state index is 0.926. The normalized spacial score (nSPS) is 10.9. The molecule has 0 saturated carbocycles. The van der Waals surface area contributed by atoms with E-state index in [1.807, 2.05) is 0 Å². The maximum atomic E-state index is 3.48. The van der Waals surface area contributed by atoms with Crippen LogP contribution in [0.5, 0.6) is 0 Å².